The van der Waals surface area contributed by atoms with Crippen molar-refractivity contribution in [3.8, 4) is 11.3 Å². The first kappa shape index (κ1) is 5.62. The Morgan fingerprint density at radius 1 is 1.00 bits per heavy atom. The van der Waals surface area contributed by atoms with E-state index >= 15 is 0 Å². The summed E-state index contributed by atoms with van der Waals surface area (Å²) in [5, 5.41) is 0. The fourth-order valence-corrected chi connectivity index (χ4v) is 1.90. The number of pyridine rings is 1. The van der Waals surface area contributed by atoms with E-state index in [9.17, 15) is 0 Å². The van der Waals surface area contributed by atoms with E-state index < -0.39 is 13.7 Å². The van der Waals surface area contributed by atoms with E-state index in [2.05, 4.69) is 0 Å². The summed E-state index contributed by atoms with van der Waals surface area (Å²) in [5.41, 5.74) is 1.95. The number of rotatable bonds is 1. The number of hydrogen-bond acceptors (Lipinski definition) is 0. The lowest BCUT2D eigenvalue weighted by atomic mass is 9.97. The van der Waals surface area contributed by atoms with Gasteiger partial charge in [0.25, 0.3) is 0 Å². The molecule has 82 valence electrons. The first-order valence-corrected chi connectivity index (χ1v) is 5.13. The predicted octanol–water partition coefficient (Wildman–Crippen LogP) is 3.10. The van der Waals surface area contributed by atoms with Crippen molar-refractivity contribution < 1.29 is 12.8 Å². The Balaban J connectivity index is 2.90. The highest BCUT2D eigenvalue weighted by atomic mass is 14.9. The minimum Gasteiger partial charge on any atom is -0.201 e. The van der Waals surface area contributed by atoms with Crippen LogP contribution in [0.1, 0.15) is 24.9 Å². The molecule has 0 unspecified atom stereocenters. The van der Waals surface area contributed by atoms with Crippen molar-refractivity contribution in [3.63, 3.8) is 0 Å². The summed E-state index contributed by atoms with van der Waals surface area (Å²) in [5.74, 6) is 0. The lowest BCUT2D eigenvalue weighted by Crippen LogP contribution is -2.31. The number of aryl methyl sites for hydroxylation is 4. The van der Waals surface area contributed by atoms with Gasteiger partial charge in [-0.25, -0.2) is 4.57 Å². The highest BCUT2D eigenvalue weighted by Gasteiger charge is 2.16. The summed E-state index contributed by atoms with van der Waals surface area (Å²) < 4.78 is 48.1. The van der Waals surface area contributed by atoms with Crippen LogP contribution in [-0.4, -0.2) is 0 Å². The molecule has 1 aromatic heterocycles. The molecule has 1 heterocycles. The molecule has 0 spiro atoms. The summed E-state index contributed by atoms with van der Waals surface area (Å²) in [4.78, 5) is 0. The first-order valence-electron chi connectivity index (χ1n) is 8.13. The van der Waals surface area contributed by atoms with Crippen LogP contribution in [0.15, 0.2) is 36.5 Å². The fourth-order valence-electron chi connectivity index (χ4n) is 1.90. The molecule has 0 aliphatic heterocycles. The first-order chi connectivity index (χ1) is 10.0. The molecule has 0 aliphatic rings. The molecule has 1 heteroatoms. The summed E-state index contributed by atoms with van der Waals surface area (Å²) in [6, 6.07) is 8.18. The van der Waals surface area contributed by atoms with Gasteiger partial charge in [-0.15, -0.1) is 0 Å². The Labute approximate surface area is 106 Å². The number of aromatic nitrogens is 1. The quantitative estimate of drug-likeness (QED) is 0.648. The van der Waals surface area contributed by atoms with Crippen LogP contribution in [0.4, 0.5) is 0 Å². The second-order valence-electron chi connectivity index (χ2n) is 3.88. The van der Waals surface area contributed by atoms with Crippen molar-refractivity contribution in [1.82, 2.24) is 0 Å². The Hall–Kier alpha value is -1.63. The van der Waals surface area contributed by atoms with Gasteiger partial charge in [-0.1, -0.05) is 18.2 Å². The van der Waals surface area contributed by atoms with Gasteiger partial charge in [0.1, 0.15) is 7.05 Å². The molecule has 0 N–H and O–H groups in total. The van der Waals surface area contributed by atoms with Crippen LogP contribution in [0, 0.1) is 20.6 Å². The number of benzene rings is 1. The largest absolute Gasteiger partial charge is 0.215 e. The van der Waals surface area contributed by atoms with E-state index in [4.69, 9.17) is 8.22 Å². The van der Waals surface area contributed by atoms with Crippen molar-refractivity contribution >= 4 is 0 Å². The molecular weight excluding hydrogens is 194 g/mol. The average molecular weight is 218 g/mol. The Morgan fingerprint density at radius 2 is 1.69 bits per heavy atom. The monoisotopic (exact) mass is 218 g/mol. The van der Waals surface area contributed by atoms with Crippen LogP contribution >= 0.6 is 0 Å². The molecule has 1 nitrogen and oxygen atoms in total. The van der Waals surface area contributed by atoms with Crippen LogP contribution < -0.4 is 4.57 Å². The third-order valence-electron chi connectivity index (χ3n) is 2.69. The molecule has 0 saturated heterocycles. The highest BCUT2D eigenvalue weighted by Crippen LogP contribution is 2.26. The smallest absolute Gasteiger partial charge is 0.201 e. The van der Waals surface area contributed by atoms with E-state index in [1.54, 1.807) is 42.9 Å². The van der Waals surface area contributed by atoms with Crippen LogP contribution in [0.25, 0.3) is 11.3 Å². The van der Waals surface area contributed by atoms with Gasteiger partial charge >= 0.3 is 0 Å². The molecular formula is C15H18N+. The van der Waals surface area contributed by atoms with Crippen molar-refractivity contribution in [2.24, 2.45) is 7.05 Å². The Morgan fingerprint density at radius 3 is 2.44 bits per heavy atom. The highest BCUT2D eigenvalue weighted by molar-refractivity contribution is 5.67. The van der Waals surface area contributed by atoms with E-state index in [-0.39, 0.29) is 11.1 Å². The fraction of sp³-hybridized carbons (Fsp3) is 0.267. The Bertz CT molecular complexity index is 639. The van der Waals surface area contributed by atoms with E-state index in [0.717, 1.165) is 5.56 Å². The molecule has 0 radical (unpaired) electrons. The maximum atomic E-state index is 7.74. The lowest BCUT2D eigenvalue weighted by Gasteiger charge is -2.09. The number of nitrogens with zero attached hydrogens (tertiary/aromatic N) is 1. The molecule has 1 aromatic carbocycles. The van der Waals surface area contributed by atoms with E-state index in [1.165, 1.54) is 12.1 Å². The molecule has 0 atom stereocenters. The maximum Gasteiger partial charge on any atom is 0.215 e. The minimum atomic E-state index is -2.32. The second-order valence-corrected chi connectivity index (χ2v) is 3.88. The van der Waals surface area contributed by atoms with Gasteiger partial charge in [0.2, 0.25) is 5.69 Å². The van der Waals surface area contributed by atoms with Gasteiger partial charge in [-0.3, -0.25) is 0 Å². The summed E-state index contributed by atoms with van der Waals surface area (Å²) in [6.45, 7) is -2.83. The predicted molar refractivity (Wildman–Crippen MR) is 67.3 cm³/mol. The normalized spacial score (nSPS) is 17.6. The summed E-state index contributed by atoms with van der Waals surface area (Å²) in [6.07, 6.45) is 1.72. The minimum absolute atomic E-state index is 0.150. The maximum absolute atomic E-state index is 7.74. The standard InChI is InChI=1S/C15H18N/c1-11-7-5-8-12(2)14(11)15-13(3)9-6-10-16(15)4/h5-10H,1-4H3/q+1/i1D3,3D3. The Kier molecular flexibility index (Phi) is 1.44. The zero-order chi connectivity index (χ0) is 16.7. The molecule has 0 saturated carbocycles. The number of hydrogen-bond donors (Lipinski definition) is 0. The van der Waals surface area contributed by atoms with Crippen molar-refractivity contribution in [1.29, 1.82) is 0 Å². The van der Waals surface area contributed by atoms with Crippen molar-refractivity contribution in [3.05, 3.63) is 53.2 Å². The van der Waals surface area contributed by atoms with Crippen LogP contribution in [0.5, 0.6) is 0 Å². The van der Waals surface area contributed by atoms with Gasteiger partial charge in [0.05, 0.1) is 5.56 Å². The van der Waals surface area contributed by atoms with Crippen molar-refractivity contribution in [2.45, 2.75) is 20.6 Å². The van der Waals surface area contributed by atoms with E-state index in [1.807, 2.05) is 0 Å². The summed E-state index contributed by atoms with van der Waals surface area (Å²) >= 11 is 0. The van der Waals surface area contributed by atoms with Gasteiger partial charge in [-0.05, 0) is 37.8 Å². The lowest BCUT2D eigenvalue weighted by molar-refractivity contribution is -0.660. The van der Waals surface area contributed by atoms with Crippen molar-refractivity contribution in [2.75, 3.05) is 0 Å². The SMILES string of the molecule is [2H]C([2H])([2H])c1cccc(C)c1-c1c(C([2H])([2H])[2H])ccc[n+]1C. The zero-order valence-electron chi connectivity index (χ0n) is 15.4. The average Bonchev–Trinajstić information content (AvgIpc) is 2.36. The van der Waals surface area contributed by atoms with Crippen LogP contribution in [-0.2, 0) is 7.05 Å². The van der Waals surface area contributed by atoms with Crippen LogP contribution in [0.2, 0.25) is 0 Å². The molecule has 0 aliphatic carbocycles. The van der Waals surface area contributed by atoms with Gasteiger partial charge in [0.15, 0.2) is 6.20 Å². The van der Waals surface area contributed by atoms with Gasteiger partial charge in [0, 0.05) is 19.9 Å². The zero-order valence-corrected chi connectivity index (χ0v) is 9.41. The molecule has 16 heavy (non-hydrogen) atoms. The molecule has 0 bridgehead atoms. The van der Waals surface area contributed by atoms with Crippen LogP contribution in [0.3, 0.4) is 0 Å². The van der Waals surface area contributed by atoms with Gasteiger partial charge in [-0.2, -0.15) is 0 Å². The molecule has 2 aromatic rings. The molecule has 0 fully saturated rings. The second kappa shape index (κ2) is 4.09. The van der Waals surface area contributed by atoms with E-state index in [0.29, 0.717) is 11.3 Å². The van der Waals surface area contributed by atoms with Gasteiger partial charge < -0.3 is 0 Å². The molecule has 0 amide bonds. The third kappa shape index (κ3) is 1.73. The summed E-state index contributed by atoms with van der Waals surface area (Å²) in [7, 11) is 1.72. The third-order valence-corrected chi connectivity index (χ3v) is 2.69. The molecule has 2 rings (SSSR count). The topological polar surface area (TPSA) is 3.88 Å².